The summed E-state index contributed by atoms with van der Waals surface area (Å²) in [7, 11) is 0.630. The predicted octanol–water partition coefficient (Wildman–Crippen LogP) is -2.33. The lowest BCUT2D eigenvalue weighted by atomic mass is 10.4. The van der Waals surface area contributed by atoms with Crippen molar-refractivity contribution in [2.45, 2.75) is 6.10 Å². The molecule has 0 rings (SSSR count). The molecule has 0 aliphatic heterocycles. The van der Waals surface area contributed by atoms with E-state index in [0.29, 0.717) is 36.9 Å². The molecule has 0 aromatic carbocycles. The fourth-order valence-corrected chi connectivity index (χ4v) is 1.13. The zero-order chi connectivity index (χ0) is 9.94. The van der Waals surface area contributed by atoms with Crippen LogP contribution in [0.4, 0.5) is 0 Å². The Kier molecular flexibility index (Phi) is 10.1. The molecule has 0 aliphatic rings. The molecule has 0 aliphatic carbocycles. The molecular weight excluding hydrogens is 192 g/mol. The Labute approximate surface area is 81.2 Å². The van der Waals surface area contributed by atoms with Gasteiger partial charge in [0, 0.05) is 0 Å². The van der Waals surface area contributed by atoms with Crippen molar-refractivity contribution in [2.75, 3.05) is 39.6 Å². The van der Waals surface area contributed by atoms with Crippen molar-refractivity contribution in [1.82, 2.24) is 0 Å². The lowest BCUT2D eigenvalue weighted by Gasteiger charge is -2.10. The molecule has 80 valence electrons. The molecule has 0 amide bonds. The van der Waals surface area contributed by atoms with E-state index < -0.39 is 6.10 Å². The number of aliphatic hydroxyl groups excluding tert-OH is 2. The van der Waals surface area contributed by atoms with E-state index in [1.807, 2.05) is 0 Å². The van der Waals surface area contributed by atoms with Crippen LogP contribution in [-0.2, 0) is 13.9 Å². The van der Waals surface area contributed by atoms with Crippen molar-refractivity contribution < 1.29 is 24.1 Å². The van der Waals surface area contributed by atoms with Crippen molar-refractivity contribution in [2.24, 2.45) is 0 Å². The van der Waals surface area contributed by atoms with E-state index in [-0.39, 0.29) is 13.2 Å². The van der Waals surface area contributed by atoms with Gasteiger partial charge >= 0.3 is 0 Å². The molecule has 6 heteroatoms. The van der Waals surface area contributed by atoms with E-state index in [4.69, 9.17) is 24.1 Å². The smallest absolute Gasteiger partial charge is 0.146 e. The first-order valence-corrected chi connectivity index (χ1v) is 5.06. The predicted molar refractivity (Wildman–Crippen MR) is 50.6 cm³/mol. The first kappa shape index (κ1) is 13.0. The molecule has 0 saturated carbocycles. The standard InChI is InChI=1S/C7H18O5Si/c8-1-2-10-3-4-11-5-7(9)6-12-13/h7-9H,1-6H2,13H3. The van der Waals surface area contributed by atoms with E-state index in [9.17, 15) is 0 Å². The third kappa shape index (κ3) is 9.93. The van der Waals surface area contributed by atoms with Gasteiger partial charge in [-0.15, -0.1) is 0 Å². The summed E-state index contributed by atoms with van der Waals surface area (Å²) in [4.78, 5) is 0. The van der Waals surface area contributed by atoms with E-state index in [2.05, 4.69) is 0 Å². The number of ether oxygens (including phenoxy) is 2. The van der Waals surface area contributed by atoms with Crippen LogP contribution in [0, 0.1) is 0 Å². The normalized spacial score (nSPS) is 13.4. The van der Waals surface area contributed by atoms with Gasteiger partial charge in [-0.05, 0) is 0 Å². The van der Waals surface area contributed by atoms with Crippen LogP contribution in [0.25, 0.3) is 0 Å². The Bertz CT molecular complexity index is 103. The lowest BCUT2D eigenvalue weighted by molar-refractivity contribution is -0.0139. The molecule has 5 nitrogen and oxygen atoms in total. The summed E-state index contributed by atoms with van der Waals surface area (Å²) in [5, 5.41) is 17.5. The van der Waals surface area contributed by atoms with Crippen LogP contribution in [0.2, 0.25) is 0 Å². The SMILES string of the molecule is OCCOCCOCC(O)CO[SiH3]. The molecule has 1 atom stereocenters. The van der Waals surface area contributed by atoms with Crippen molar-refractivity contribution in [3.05, 3.63) is 0 Å². The highest BCUT2D eigenvalue weighted by molar-refractivity contribution is 5.97. The Morgan fingerprint density at radius 3 is 2.38 bits per heavy atom. The minimum atomic E-state index is -0.546. The van der Waals surface area contributed by atoms with Crippen LogP contribution in [0.3, 0.4) is 0 Å². The van der Waals surface area contributed by atoms with Crippen LogP contribution >= 0.6 is 0 Å². The fraction of sp³-hybridized carbons (Fsp3) is 1.00. The number of hydrogen-bond acceptors (Lipinski definition) is 5. The molecule has 0 bridgehead atoms. The second-order valence-corrected chi connectivity index (χ2v) is 3.10. The monoisotopic (exact) mass is 210 g/mol. The summed E-state index contributed by atoms with van der Waals surface area (Å²) >= 11 is 0. The van der Waals surface area contributed by atoms with Crippen molar-refractivity contribution in [3.8, 4) is 0 Å². The maximum Gasteiger partial charge on any atom is 0.146 e. The van der Waals surface area contributed by atoms with Crippen LogP contribution in [-0.4, -0.2) is 66.4 Å². The Hall–Kier alpha value is 0.0169. The maximum absolute atomic E-state index is 9.14. The molecule has 0 heterocycles. The van der Waals surface area contributed by atoms with Gasteiger partial charge in [-0.25, -0.2) is 0 Å². The first-order chi connectivity index (χ1) is 6.31. The summed E-state index contributed by atoms with van der Waals surface area (Å²) in [6.07, 6.45) is -0.546. The van der Waals surface area contributed by atoms with Crippen molar-refractivity contribution in [1.29, 1.82) is 0 Å². The zero-order valence-corrected chi connectivity index (χ0v) is 9.94. The summed E-state index contributed by atoms with van der Waals surface area (Å²) in [5.74, 6) is 0. The average Bonchev–Trinajstić information content (AvgIpc) is 2.11. The third-order valence-corrected chi connectivity index (χ3v) is 1.61. The van der Waals surface area contributed by atoms with Gasteiger partial charge in [0.1, 0.15) is 10.5 Å². The molecule has 0 saturated heterocycles. The minimum absolute atomic E-state index is 0.0247. The zero-order valence-electron chi connectivity index (χ0n) is 7.94. The van der Waals surface area contributed by atoms with Crippen LogP contribution < -0.4 is 0 Å². The molecule has 2 N–H and O–H groups in total. The Balaban J connectivity index is 2.97. The maximum atomic E-state index is 9.14. The van der Waals surface area contributed by atoms with Gasteiger partial charge in [0.25, 0.3) is 0 Å². The summed E-state index contributed by atoms with van der Waals surface area (Å²) in [5.41, 5.74) is 0. The molecule has 0 fully saturated rings. The van der Waals surface area contributed by atoms with Gasteiger partial charge in [0.05, 0.1) is 45.7 Å². The van der Waals surface area contributed by atoms with Gasteiger partial charge in [0.2, 0.25) is 0 Å². The minimum Gasteiger partial charge on any atom is -0.425 e. The van der Waals surface area contributed by atoms with Gasteiger partial charge in [0.15, 0.2) is 0 Å². The van der Waals surface area contributed by atoms with E-state index in [1.165, 1.54) is 0 Å². The lowest BCUT2D eigenvalue weighted by Crippen LogP contribution is -2.22. The average molecular weight is 210 g/mol. The molecule has 0 spiro atoms. The fourth-order valence-electron chi connectivity index (χ4n) is 0.744. The third-order valence-electron chi connectivity index (χ3n) is 1.28. The Morgan fingerprint density at radius 1 is 1.08 bits per heavy atom. The molecule has 1 unspecified atom stereocenters. The van der Waals surface area contributed by atoms with Crippen LogP contribution in [0.1, 0.15) is 0 Å². The van der Waals surface area contributed by atoms with Gasteiger partial charge < -0.3 is 24.1 Å². The molecule has 0 aromatic heterocycles. The summed E-state index contributed by atoms with van der Waals surface area (Å²) < 4.78 is 14.9. The molecule has 0 radical (unpaired) electrons. The van der Waals surface area contributed by atoms with Crippen molar-refractivity contribution in [3.63, 3.8) is 0 Å². The Morgan fingerprint density at radius 2 is 1.77 bits per heavy atom. The van der Waals surface area contributed by atoms with Gasteiger partial charge in [-0.2, -0.15) is 0 Å². The number of rotatable bonds is 9. The second kappa shape index (κ2) is 10.1. The molecular formula is C7H18O5Si. The van der Waals surface area contributed by atoms with Gasteiger partial charge in [-0.1, -0.05) is 0 Å². The summed E-state index contributed by atoms with van der Waals surface area (Å²) in [6.45, 7) is 1.83. The van der Waals surface area contributed by atoms with Crippen LogP contribution in [0.5, 0.6) is 0 Å². The quantitative estimate of drug-likeness (QED) is 0.330. The molecule has 13 heavy (non-hydrogen) atoms. The van der Waals surface area contributed by atoms with Gasteiger partial charge in [-0.3, -0.25) is 0 Å². The number of aliphatic hydroxyl groups is 2. The first-order valence-electron chi connectivity index (χ1n) is 4.24. The highest BCUT2D eigenvalue weighted by Crippen LogP contribution is 1.86. The van der Waals surface area contributed by atoms with Crippen LogP contribution in [0.15, 0.2) is 0 Å². The second-order valence-electron chi connectivity index (χ2n) is 2.52. The van der Waals surface area contributed by atoms with E-state index >= 15 is 0 Å². The highest BCUT2D eigenvalue weighted by atomic mass is 28.2. The van der Waals surface area contributed by atoms with E-state index in [1.54, 1.807) is 0 Å². The van der Waals surface area contributed by atoms with Crippen molar-refractivity contribution >= 4 is 10.5 Å². The molecule has 0 aromatic rings. The topological polar surface area (TPSA) is 68.2 Å². The highest BCUT2D eigenvalue weighted by Gasteiger charge is 2.01. The van der Waals surface area contributed by atoms with E-state index in [0.717, 1.165) is 0 Å². The summed E-state index contributed by atoms with van der Waals surface area (Å²) in [6, 6.07) is 0. The number of hydrogen-bond donors (Lipinski definition) is 2. The largest absolute Gasteiger partial charge is 0.425 e.